The zero-order chi connectivity index (χ0) is 13.8. The molecule has 1 aromatic heterocycles. The molecular weight excluding hydrogens is 312 g/mol. The first-order chi connectivity index (χ1) is 9.11. The molecular formula is C12H13BrN4O2. The van der Waals surface area contributed by atoms with Gasteiger partial charge in [0.1, 0.15) is 17.9 Å². The van der Waals surface area contributed by atoms with Crippen molar-refractivity contribution in [2.24, 2.45) is 0 Å². The first-order valence-corrected chi connectivity index (χ1v) is 6.40. The van der Waals surface area contributed by atoms with E-state index >= 15 is 0 Å². The highest BCUT2D eigenvalue weighted by molar-refractivity contribution is 9.10. The fourth-order valence-electron chi connectivity index (χ4n) is 1.57. The average Bonchev–Trinajstić information content (AvgIpc) is 2.93. The van der Waals surface area contributed by atoms with Crippen LogP contribution in [0.2, 0.25) is 0 Å². The number of carbonyl (C=O) groups is 1. The molecule has 2 rings (SSSR count). The summed E-state index contributed by atoms with van der Waals surface area (Å²) in [7, 11) is 1.56. The van der Waals surface area contributed by atoms with Gasteiger partial charge in [0.05, 0.1) is 18.7 Å². The van der Waals surface area contributed by atoms with Crippen LogP contribution in [0.1, 0.15) is 29.1 Å². The summed E-state index contributed by atoms with van der Waals surface area (Å²) >= 11 is 3.35. The average molecular weight is 325 g/mol. The summed E-state index contributed by atoms with van der Waals surface area (Å²) in [6.07, 6.45) is 1.40. The van der Waals surface area contributed by atoms with E-state index in [2.05, 4.69) is 36.4 Å². The molecule has 7 heteroatoms. The van der Waals surface area contributed by atoms with Crippen LogP contribution in [0.3, 0.4) is 0 Å². The molecule has 0 bridgehead atoms. The molecule has 0 fully saturated rings. The van der Waals surface area contributed by atoms with E-state index in [1.807, 2.05) is 6.92 Å². The van der Waals surface area contributed by atoms with Crippen molar-refractivity contribution in [2.45, 2.75) is 13.0 Å². The lowest BCUT2D eigenvalue weighted by molar-refractivity contribution is 0.0937. The van der Waals surface area contributed by atoms with Crippen molar-refractivity contribution in [3.63, 3.8) is 0 Å². The molecule has 0 saturated carbocycles. The van der Waals surface area contributed by atoms with Crippen LogP contribution in [0.5, 0.6) is 5.75 Å². The van der Waals surface area contributed by atoms with E-state index in [1.54, 1.807) is 25.3 Å². The van der Waals surface area contributed by atoms with Crippen molar-refractivity contribution in [3.8, 4) is 5.75 Å². The predicted molar refractivity (Wildman–Crippen MR) is 73.0 cm³/mol. The standard InChI is InChI=1S/C12H13BrN4O2/c1-7(11-14-6-15-17-11)16-12(18)9-5-8(19-2)3-4-10(9)13/h3-7H,1-2H3,(H,16,18)(H,14,15,17). The van der Waals surface area contributed by atoms with Gasteiger partial charge in [-0.1, -0.05) is 0 Å². The lowest BCUT2D eigenvalue weighted by Crippen LogP contribution is -2.27. The third kappa shape index (κ3) is 3.11. The Labute approximate surface area is 118 Å². The second kappa shape index (κ2) is 5.83. The number of aromatic amines is 1. The zero-order valence-electron chi connectivity index (χ0n) is 10.5. The van der Waals surface area contributed by atoms with Crippen molar-refractivity contribution < 1.29 is 9.53 Å². The fourth-order valence-corrected chi connectivity index (χ4v) is 2.00. The third-order valence-electron chi connectivity index (χ3n) is 2.61. The highest BCUT2D eigenvalue weighted by atomic mass is 79.9. The largest absolute Gasteiger partial charge is 0.497 e. The molecule has 0 aliphatic rings. The number of nitrogens with one attached hydrogen (secondary N) is 2. The van der Waals surface area contributed by atoms with Gasteiger partial charge in [-0.15, -0.1) is 0 Å². The maximum absolute atomic E-state index is 12.2. The van der Waals surface area contributed by atoms with Crippen LogP contribution >= 0.6 is 15.9 Å². The number of halogens is 1. The van der Waals surface area contributed by atoms with E-state index in [4.69, 9.17) is 4.74 Å². The molecule has 100 valence electrons. The minimum Gasteiger partial charge on any atom is -0.497 e. The zero-order valence-corrected chi connectivity index (χ0v) is 12.1. The quantitative estimate of drug-likeness (QED) is 0.902. The van der Waals surface area contributed by atoms with Crippen molar-refractivity contribution >= 4 is 21.8 Å². The Hall–Kier alpha value is -1.89. The van der Waals surface area contributed by atoms with Crippen molar-refractivity contribution in [2.75, 3.05) is 7.11 Å². The van der Waals surface area contributed by atoms with E-state index in [0.29, 0.717) is 21.6 Å². The van der Waals surface area contributed by atoms with E-state index in [-0.39, 0.29) is 11.9 Å². The van der Waals surface area contributed by atoms with Gasteiger partial charge in [0, 0.05) is 4.47 Å². The molecule has 2 aromatic rings. The Morgan fingerprint density at radius 2 is 2.32 bits per heavy atom. The fraction of sp³-hybridized carbons (Fsp3) is 0.250. The topological polar surface area (TPSA) is 79.9 Å². The lowest BCUT2D eigenvalue weighted by Gasteiger charge is -2.12. The van der Waals surface area contributed by atoms with Crippen LogP contribution in [0.4, 0.5) is 0 Å². The van der Waals surface area contributed by atoms with Crippen LogP contribution in [-0.4, -0.2) is 28.2 Å². The number of amides is 1. The molecule has 1 aromatic carbocycles. The predicted octanol–water partition coefficient (Wildman–Crippen LogP) is 2.07. The maximum atomic E-state index is 12.2. The number of aromatic nitrogens is 3. The highest BCUT2D eigenvalue weighted by Crippen LogP contribution is 2.23. The lowest BCUT2D eigenvalue weighted by atomic mass is 10.2. The van der Waals surface area contributed by atoms with Crippen LogP contribution in [-0.2, 0) is 0 Å². The molecule has 0 spiro atoms. The second-order valence-corrected chi connectivity index (χ2v) is 4.77. The number of hydrogen-bond acceptors (Lipinski definition) is 4. The van der Waals surface area contributed by atoms with Crippen molar-refractivity contribution in [1.29, 1.82) is 0 Å². The van der Waals surface area contributed by atoms with Gasteiger partial charge in [-0.3, -0.25) is 9.89 Å². The maximum Gasteiger partial charge on any atom is 0.253 e. The van der Waals surface area contributed by atoms with Crippen LogP contribution in [0, 0.1) is 0 Å². The Kier molecular flexibility index (Phi) is 4.16. The smallest absolute Gasteiger partial charge is 0.253 e. The number of ether oxygens (including phenoxy) is 1. The summed E-state index contributed by atoms with van der Waals surface area (Å²) in [5, 5.41) is 9.30. The number of H-pyrrole nitrogens is 1. The Morgan fingerprint density at radius 1 is 1.53 bits per heavy atom. The second-order valence-electron chi connectivity index (χ2n) is 3.91. The van der Waals surface area contributed by atoms with Gasteiger partial charge in [0.15, 0.2) is 0 Å². The van der Waals surface area contributed by atoms with Crippen LogP contribution in [0.15, 0.2) is 29.0 Å². The molecule has 6 nitrogen and oxygen atoms in total. The summed E-state index contributed by atoms with van der Waals surface area (Å²) in [5.41, 5.74) is 0.505. The summed E-state index contributed by atoms with van der Waals surface area (Å²) < 4.78 is 5.81. The molecule has 0 aliphatic carbocycles. The number of nitrogens with zero attached hydrogens (tertiary/aromatic N) is 2. The van der Waals surface area contributed by atoms with Gasteiger partial charge >= 0.3 is 0 Å². The summed E-state index contributed by atoms with van der Waals surface area (Å²) in [6, 6.07) is 4.97. The molecule has 1 atom stereocenters. The number of rotatable bonds is 4. The first-order valence-electron chi connectivity index (χ1n) is 5.61. The SMILES string of the molecule is COc1ccc(Br)c(C(=O)NC(C)c2ncn[nH]2)c1. The van der Waals surface area contributed by atoms with Gasteiger partial charge in [-0.05, 0) is 41.1 Å². The molecule has 2 N–H and O–H groups in total. The van der Waals surface area contributed by atoms with E-state index < -0.39 is 0 Å². The number of carbonyl (C=O) groups excluding carboxylic acids is 1. The minimum absolute atomic E-state index is 0.213. The van der Waals surface area contributed by atoms with Gasteiger partial charge < -0.3 is 10.1 Å². The summed E-state index contributed by atoms with van der Waals surface area (Å²) in [5.74, 6) is 1.02. The van der Waals surface area contributed by atoms with Gasteiger partial charge in [-0.2, -0.15) is 5.10 Å². The first kappa shape index (κ1) is 13.5. The van der Waals surface area contributed by atoms with Crippen molar-refractivity contribution in [1.82, 2.24) is 20.5 Å². The van der Waals surface area contributed by atoms with Gasteiger partial charge in [-0.25, -0.2) is 4.98 Å². The normalized spacial score (nSPS) is 11.9. The van der Waals surface area contributed by atoms with Crippen LogP contribution < -0.4 is 10.1 Å². The summed E-state index contributed by atoms with van der Waals surface area (Å²) in [6.45, 7) is 1.83. The Balaban J connectivity index is 2.16. The van der Waals surface area contributed by atoms with Crippen LogP contribution in [0.25, 0.3) is 0 Å². The molecule has 0 radical (unpaired) electrons. The Bertz CT molecular complexity index is 571. The molecule has 1 unspecified atom stereocenters. The molecule has 0 saturated heterocycles. The monoisotopic (exact) mass is 324 g/mol. The number of benzene rings is 1. The molecule has 0 aliphatic heterocycles. The van der Waals surface area contributed by atoms with Gasteiger partial charge in [0.25, 0.3) is 5.91 Å². The Morgan fingerprint density at radius 3 is 2.95 bits per heavy atom. The van der Waals surface area contributed by atoms with E-state index in [9.17, 15) is 4.79 Å². The number of methoxy groups -OCH3 is 1. The third-order valence-corrected chi connectivity index (χ3v) is 3.30. The summed E-state index contributed by atoms with van der Waals surface area (Å²) in [4.78, 5) is 16.2. The molecule has 1 amide bonds. The number of hydrogen-bond donors (Lipinski definition) is 2. The molecule has 19 heavy (non-hydrogen) atoms. The highest BCUT2D eigenvalue weighted by Gasteiger charge is 2.16. The van der Waals surface area contributed by atoms with E-state index in [1.165, 1.54) is 6.33 Å². The van der Waals surface area contributed by atoms with E-state index in [0.717, 1.165) is 0 Å². The molecule has 1 heterocycles. The van der Waals surface area contributed by atoms with Gasteiger partial charge in [0.2, 0.25) is 0 Å². The van der Waals surface area contributed by atoms with Crippen molar-refractivity contribution in [3.05, 3.63) is 40.4 Å². The minimum atomic E-state index is -0.256.